The van der Waals surface area contributed by atoms with Gasteiger partial charge in [0, 0.05) is 13.1 Å². The van der Waals surface area contributed by atoms with Crippen molar-refractivity contribution < 1.29 is 8.42 Å². The zero-order chi connectivity index (χ0) is 12.8. The molecule has 0 aromatic rings. The van der Waals surface area contributed by atoms with E-state index in [1.165, 1.54) is 12.8 Å². The van der Waals surface area contributed by atoms with Crippen molar-refractivity contribution in [3.05, 3.63) is 0 Å². The van der Waals surface area contributed by atoms with Gasteiger partial charge in [-0.05, 0) is 62.9 Å². The fraction of sp³-hybridized carbons (Fsp3) is 1.00. The van der Waals surface area contributed by atoms with Crippen LogP contribution in [-0.4, -0.2) is 44.7 Å². The maximum Gasteiger partial charge on any atom is 0.214 e. The Morgan fingerprint density at radius 2 is 1.83 bits per heavy atom. The van der Waals surface area contributed by atoms with E-state index in [-0.39, 0.29) is 6.04 Å². The van der Waals surface area contributed by atoms with Crippen LogP contribution in [0.1, 0.15) is 38.5 Å². The SMILES string of the molecule is CN(C1CC2(CCNCC2)C1)S(=O)(=O)CC1CC1. The van der Waals surface area contributed by atoms with Gasteiger partial charge in [0.25, 0.3) is 0 Å². The average molecular weight is 272 g/mol. The molecule has 3 fully saturated rings. The van der Waals surface area contributed by atoms with Gasteiger partial charge in [-0.15, -0.1) is 0 Å². The number of hydrogen-bond donors (Lipinski definition) is 1. The van der Waals surface area contributed by atoms with Gasteiger partial charge in [-0.2, -0.15) is 0 Å². The van der Waals surface area contributed by atoms with Gasteiger partial charge in [0.2, 0.25) is 10.0 Å². The molecule has 1 aliphatic heterocycles. The smallest absolute Gasteiger partial charge is 0.214 e. The van der Waals surface area contributed by atoms with Gasteiger partial charge >= 0.3 is 0 Å². The molecule has 5 heteroatoms. The molecule has 1 heterocycles. The molecule has 1 saturated heterocycles. The van der Waals surface area contributed by atoms with Crippen molar-refractivity contribution >= 4 is 10.0 Å². The third-order valence-corrected chi connectivity index (χ3v) is 7.17. The number of nitrogens with one attached hydrogen (secondary N) is 1. The molecule has 0 aromatic carbocycles. The second-order valence-electron chi connectivity index (χ2n) is 6.55. The lowest BCUT2D eigenvalue weighted by molar-refractivity contribution is 0.0193. The molecule has 4 nitrogen and oxygen atoms in total. The minimum atomic E-state index is -2.99. The van der Waals surface area contributed by atoms with Gasteiger partial charge in [-0.1, -0.05) is 0 Å². The molecule has 2 aliphatic carbocycles. The maximum absolute atomic E-state index is 12.2. The Morgan fingerprint density at radius 1 is 1.22 bits per heavy atom. The first-order valence-electron chi connectivity index (χ1n) is 7.17. The molecule has 3 aliphatic rings. The predicted octanol–water partition coefficient (Wildman–Crippen LogP) is 1.19. The van der Waals surface area contributed by atoms with Crippen molar-refractivity contribution in [2.75, 3.05) is 25.9 Å². The maximum atomic E-state index is 12.2. The van der Waals surface area contributed by atoms with Gasteiger partial charge in [0.05, 0.1) is 5.75 Å². The van der Waals surface area contributed by atoms with Gasteiger partial charge in [0.1, 0.15) is 0 Å². The molecule has 0 unspecified atom stereocenters. The van der Waals surface area contributed by atoms with Crippen LogP contribution in [0.2, 0.25) is 0 Å². The van der Waals surface area contributed by atoms with Crippen LogP contribution in [-0.2, 0) is 10.0 Å². The molecular weight excluding hydrogens is 248 g/mol. The number of sulfonamides is 1. The van der Waals surface area contributed by atoms with Gasteiger partial charge < -0.3 is 5.32 Å². The van der Waals surface area contributed by atoms with E-state index in [2.05, 4.69) is 5.32 Å². The molecule has 0 atom stereocenters. The van der Waals surface area contributed by atoms with E-state index < -0.39 is 10.0 Å². The summed E-state index contributed by atoms with van der Waals surface area (Å²) in [6, 6.07) is 0.270. The highest BCUT2D eigenvalue weighted by Gasteiger charge is 2.48. The van der Waals surface area contributed by atoms with Crippen molar-refractivity contribution in [2.24, 2.45) is 11.3 Å². The molecule has 0 radical (unpaired) electrons. The molecule has 1 N–H and O–H groups in total. The molecule has 3 rings (SSSR count). The van der Waals surface area contributed by atoms with Gasteiger partial charge in [-0.25, -0.2) is 12.7 Å². The lowest BCUT2D eigenvalue weighted by Gasteiger charge is -2.52. The largest absolute Gasteiger partial charge is 0.317 e. The van der Waals surface area contributed by atoms with E-state index in [0.29, 0.717) is 17.1 Å². The van der Waals surface area contributed by atoms with Crippen molar-refractivity contribution in [2.45, 2.75) is 44.6 Å². The quantitative estimate of drug-likeness (QED) is 0.836. The van der Waals surface area contributed by atoms with Crippen LogP contribution < -0.4 is 5.32 Å². The fourth-order valence-corrected chi connectivity index (χ4v) is 5.26. The van der Waals surface area contributed by atoms with Crippen molar-refractivity contribution in [3.63, 3.8) is 0 Å². The summed E-state index contributed by atoms with van der Waals surface area (Å²) in [6.07, 6.45) is 6.81. The van der Waals surface area contributed by atoms with Crippen molar-refractivity contribution in [1.82, 2.24) is 9.62 Å². The molecule has 0 aromatic heterocycles. The molecule has 104 valence electrons. The topological polar surface area (TPSA) is 49.4 Å². The number of rotatable bonds is 4. The van der Waals surface area contributed by atoms with Gasteiger partial charge in [-0.3, -0.25) is 0 Å². The van der Waals surface area contributed by atoms with E-state index in [9.17, 15) is 8.42 Å². The number of hydrogen-bond acceptors (Lipinski definition) is 3. The van der Waals surface area contributed by atoms with Crippen LogP contribution in [0.3, 0.4) is 0 Å². The van der Waals surface area contributed by atoms with Crippen LogP contribution in [0, 0.1) is 11.3 Å². The zero-order valence-electron chi connectivity index (χ0n) is 11.2. The standard InChI is InChI=1S/C13H24N2O2S/c1-15(18(16,17)10-11-2-3-11)12-8-13(9-12)4-6-14-7-5-13/h11-12,14H,2-10H2,1H3. The fourth-order valence-electron chi connectivity index (χ4n) is 3.49. The molecule has 18 heavy (non-hydrogen) atoms. The summed E-state index contributed by atoms with van der Waals surface area (Å²) in [7, 11) is -1.21. The highest BCUT2D eigenvalue weighted by Crippen LogP contribution is 2.50. The molecule has 1 spiro atoms. The highest BCUT2D eigenvalue weighted by molar-refractivity contribution is 7.89. The summed E-state index contributed by atoms with van der Waals surface area (Å²) >= 11 is 0. The molecule has 2 saturated carbocycles. The highest BCUT2D eigenvalue weighted by atomic mass is 32.2. The average Bonchev–Trinajstić information content (AvgIpc) is 3.09. The van der Waals surface area contributed by atoms with E-state index in [0.717, 1.165) is 38.8 Å². The van der Waals surface area contributed by atoms with Crippen LogP contribution in [0.4, 0.5) is 0 Å². The first kappa shape index (κ1) is 12.9. The number of piperidine rings is 1. The van der Waals surface area contributed by atoms with Crippen LogP contribution in [0.5, 0.6) is 0 Å². The Kier molecular flexibility index (Phi) is 3.19. The monoisotopic (exact) mass is 272 g/mol. The normalized spacial score (nSPS) is 28.6. The summed E-state index contributed by atoms with van der Waals surface area (Å²) in [5, 5.41) is 3.38. The first-order chi connectivity index (χ1) is 8.51. The first-order valence-corrected chi connectivity index (χ1v) is 8.78. The minimum Gasteiger partial charge on any atom is -0.317 e. The van der Waals surface area contributed by atoms with Crippen LogP contribution in [0.25, 0.3) is 0 Å². The van der Waals surface area contributed by atoms with E-state index in [1.807, 2.05) is 0 Å². The zero-order valence-corrected chi connectivity index (χ0v) is 12.0. The third kappa shape index (κ3) is 2.45. The summed E-state index contributed by atoms with van der Waals surface area (Å²) in [6.45, 7) is 2.20. The number of nitrogens with zero attached hydrogens (tertiary/aromatic N) is 1. The summed E-state index contributed by atoms with van der Waals surface area (Å²) in [5.41, 5.74) is 0.458. The van der Waals surface area contributed by atoms with Crippen molar-refractivity contribution in [3.8, 4) is 0 Å². The Hall–Kier alpha value is -0.130. The van der Waals surface area contributed by atoms with E-state index in [4.69, 9.17) is 0 Å². The second-order valence-corrected chi connectivity index (χ2v) is 8.62. The Morgan fingerprint density at radius 3 is 2.39 bits per heavy atom. The molecule has 0 amide bonds. The molecule has 0 bridgehead atoms. The van der Waals surface area contributed by atoms with E-state index in [1.54, 1.807) is 11.4 Å². The summed E-state index contributed by atoms with van der Waals surface area (Å²) in [4.78, 5) is 0. The summed E-state index contributed by atoms with van der Waals surface area (Å²) in [5.74, 6) is 0.833. The van der Waals surface area contributed by atoms with Gasteiger partial charge in [0.15, 0.2) is 0 Å². The lowest BCUT2D eigenvalue weighted by Crippen LogP contribution is -2.55. The lowest BCUT2D eigenvalue weighted by atomic mass is 9.61. The second kappa shape index (κ2) is 4.46. The van der Waals surface area contributed by atoms with Crippen molar-refractivity contribution in [1.29, 1.82) is 0 Å². The van der Waals surface area contributed by atoms with Crippen LogP contribution in [0.15, 0.2) is 0 Å². The Balaban J connectivity index is 1.56. The Labute approximate surface area is 110 Å². The van der Waals surface area contributed by atoms with E-state index >= 15 is 0 Å². The van der Waals surface area contributed by atoms with Crippen LogP contribution >= 0.6 is 0 Å². The summed E-state index contributed by atoms with van der Waals surface area (Å²) < 4.78 is 26.1. The third-order valence-electron chi connectivity index (χ3n) is 5.10. The minimum absolute atomic E-state index is 0.270. The predicted molar refractivity (Wildman–Crippen MR) is 71.8 cm³/mol. The Bertz CT molecular complexity index is 403. The molecular formula is C13H24N2O2S.